The molecule has 0 aliphatic carbocycles. The van der Waals surface area contributed by atoms with Crippen LogP contribution >= 0.6 is 0 Å². The Kier molecular flexibility index (Phi) is 4.36. The number of rotatable bonds is 5. The van der Waals surface area contributed by atoms with Crippen LogP contribution in [-0.4, -0.2) is 38.9 Å². The van der Waals surface area contributed by atoms with Crippen LogP contribution < -0.4 is 0 Å². The van der Waals surface area contributed by atoms with Crippen molar-refractivity contribution in [3.63, 3.8) is 0 Å². The minimum Gasteiger partial charge on any atom is -0.394 e. The highest BCUT2D eigenvalue weighted by Gasteiger charge is 2.28. The number of aliphatic hydroxyl groups excluding tert-OH is 1. The highest BCUT2D eigenvalue weighted by atomic mass is 32.2. The van der Waals surface area contributed by atoms with Crippen LogP contribution in [0.2, 0.25) is 0 Å². The summed E-state index contributed by atoms with van der Waals surface area (Å²) in [4.78, 5) is 0.0681. The van der Waals surface area contributed by atoms with E-state index in [1.54, 1.807) is 24.3 Å². The Labute approximate surface area is 112 Å². The van der Waals surface area contributed by atoms with Gasteiger partial charge in [-0.3, -0.25) is 4.18 Å². The van der Waals surface area contributed by atoms with E-state index in [0.29, 0.717) is 6.61 Å². The minimum absolute atomic E-state index is 0.0681. The van der Waals surface area contributed by atoms with Crippen LogP contribution in [0.25, 0.3) is 0 Å². The fraction of sp³-hybridized carbons (Fsp3) is 0.385. The number of aryl methyl sites for hydroxylation is 1. The second-order valence-corrected chi connectivity index (χ2v) is 5.88. The summed E-state index contributed by atoms with van der Waals surface area (Å²) in [5.74, 6) is 0. The molecule has 1 N–H and O–H groups in total. The van der Waals surface area contributed by atoms with Gasteiger partial charge in [-0.1, -0.05) is 29.8 Å². The molecule has 0 aromatic heterocycles. The van der Waals surface area contributed by atoms with Crippen LogP contribution in [0.15, 0.2) is 41.3 Å². The molecule has 0 amide bonds. The van der Waals surface area contributed by atoms with Gasteiger partial charge < -0.3 is 9.84 Å². The third-order valence-corrected chi connectivity index (χ3v) is 4.17. The largest absolute Gasteiger partial charge is 0.394 e. The second-order valence-electron chi connectivity index (χ2n) is 4.31. The van der Waals surface area contributed by atoms with E-state index >= 15 is 0 Å². The molecule has 0 radical (unpaired) electrons. The molecule has 0 bridgehead atoms. The van der Waals surface area contributed by atoms with Crippen LogP contribution in [0, 0.1) is 6.92 Å². The molecule has 1 aromatic rings. The average molecular weight is 284 g/mol. The van der Waals surface area contributed by atoms with Crippen LogP contribution in [-0.2, 0) is 19.0 Å². The number of hydrogen-bond acceptors (Lipinski definition) is 5. The van der Waals surface area contributed by atoms with Crippen molar-refractivity contribution < 1.29 is 22.4 Å². The Morgan fingerprint density at radius 3 is 2.63 bits per heavy atom. The summed E-state index contributed by atoms with van der Waals surface area (Å²) in [5, 5.41) is 9.24. The lowest BCUT2D eigenvalue weighted by atomic mass is 10.2. The molecular weight excluding hydrogens is 268 g/mol. The van der Waals surface area contributed by atoms with E-state index in [0.717, 1.165) is 5.56 Å². The van der Waals surface area contributed by atoms with Crippen molar-refractivity contribution in [1.82, 2.24) is 0 Å². The third kappa shape index (κ3) is 3.42. The molecule has 104 valence electrons. The second kappa shape index (κ2) is 5.83. The minimum atomic E-state index is -3.90. The van der Waals surface area contributed by atoms with E-state index in [4.69, 9.17) is 8.92 Å². The number of aliphatic hydroxyl groups is 1. The Morgan fingerprint density at radius 1 is 1.42 bits per heavy atom. The summed E-state index contributed by atoms with van der Waals surface area (Å²) in [7, 11) is -3.90. The molecule has 0 saturated carbocycles. The van der Waals surface area contributed by atoms with E-state index in [-0.39, 0.29) is 4.90 Å². The summed E-state index contributed by atoms with van der Waals surface area (Å²) in [6.45, 7) is 1.83. The third-order valence-electron chi connectivity index (χ3n) is 2.82. The summed E-state index contributed by atoms with van der Waals surface area (Å²) < 4.78 is 34.4. The number of benzene rings is 1. The molecule has 5 nitrogen and oxygen atoms in total. The van der Waals surface area contributed by atoms with E-state index in [2.05, 4.69) is 0 Å². The van der Waals surface area contributed by atoms with Gasteiger partial charge >= 0.3 is 0 Å². The van der Waals surface area contributed by atoms with Crippen molar-refractivity contribution in [2.75, 3.05) is 13.2 Å². The number of ether oxygens (including phenoxy) is 1. The topological polar surface area (TPSA) is 72.8 Å². The van der Waals surface area contributed by atoms with Gasteiger partial charge in [-0.25, -0.2) is 0 Å². The van der Waals surface area contributed by atoms with Gasteiger partial charge in [-0.15, -0.1) is 0 Å². The average Bonchev–Trinajstić information content (AvgIpc) is 2.90. The van der Waals surface area contributed by atoms with Gasteiger partial charge in [0.15, 0.2) is 0 Å². The molecular formula is C13H16O5S. The van der Waals surface area contributed by atoms with Crippen LogP contribution in [0.3, 0.4) is 0 Å². The predicted octanol–water partition coefficient (Wildman–Crippen LogP) is 1.02. The lowest BCUT2D eigenvalue weighted by Crippen LogP contribution is -2.33. The van der Waals surface area contributed by atoms with Gasteiger partial charge in [0, 0.05) is 0 Å². The molecule has 2 rings (SSSR count). The summed E-state index contributed by atoms with van der Waals surface area (Å²) in [5.41, 5.74) is 0.958. The van der Waals surface area contributed by atoms with Crippen molar-refractivity contribution in [3.8, 4) is 0 Å². The van der Waals surface area contributed by atoms with Gasteiger partial charge in [0.05, 0.1) is 18.1 Å². The van der Waals surface area contributed by atoms with Crippen molar-refractivity contribution in [1.29, 1.82) is 0 Å². The summed E-state index contributed by atoms with van der Waals surface area (Å²) in [6.07, 6.45) is 1.98. The quantitative estimate of drug-likeness (QED) is 0.645. The molecule has 1 aromatic carbocycles. The molecule has 6 heteroatoms. The first-order valence-corrected chi connectivity index (χ1v) is 7.33. The first-order valence-electron chi connectivity index (χ1n) is 5.92. The molecule has 0 spiro atoms. The van der Waals surface area contributed by atoms with Crippen LogP contribution in [0.5, 0.6) is 0 Å². The zero-order chi connectivity index (χ0) is 13.9. The van der Waals surface area contributed by atoms with E-state index in [9.17, 15) is 13.5 Å². The smallest absolute Gasteiger partial charge is 0.297 e. The first-order chi connectivity index (χ1) is 9.03. The normalized spacial score (nSPS) is 20.6. The molecule has 1 aliphatic heterocycles. The highest BCUT2D eigenvalue weighted by Crippen LogP contribution is 2.19. The highest BCUT2D eigenvalue weighted by molar-refractivity contribution is 7.86. The van der Waals surface area contributed by atoms with Gasteiger partial charge in [-0.05, 0) is 19.1 Å². The molecule has 0 fully saturated rings. The van der Waals surface area contributed by atoms with Gasteiger partial charge in [0.1, 0.15) is 12.2 Å². The Hall–Kier alpha value is -1.21. The Morgan fingerprint density at radius 2 is 2.11 bits per heavy atom. The van der Waals surface area contributed by atoms with E-state index < -0.39 is 28.9 Å². The Balaban J connectivity index is 2.15. The fourth-order valence-electron chi connectivity index (χ4n) is 1.76. The van der Waals surface area contributed by atoms with Crippen LogP contribution in [0.1, 0.15) is 5.56 Å². The van der Waals surface area contributed by atoms with Gasteiger partial charge in [-0.2, -0.15) is 8.42 Å². The maximum atomic E-state index is 12.1. The van der Waals surface area contributed by atoms with E-state index in [1.165, 1.54) is 12.1 Å². The van der Waals surface area contributed by atoms with Crippen molar-refractivity contribution in [2.24, 2.45) is 0 Å². The zero-order valence-electron chi connectivity index (χ0n) is 10.5. The standard InChI is InChI=1S/C13H16O5S/c1-10-4-6-11(7-5-10)19(15,16)18-13(9-14)12-3-2-8-17-12/h2-7,12-14H,8-9H2,1H3/t12-,13?/m0/s1. The molecule has 2 atom stereocenters. The summed E-state index contributed by atoms with van der Waals surface area (Å²) >= 11 is 0. The van der Waals surface area contributed by atoms with Crippen LogP contribution in [0.4, 0.5) is 0 Å². The Bertz CT molecular complexity index is 547. The van der Waals surface area contributed by atoms with Gasteiger partial charge in [0.25, 0.3) is 10.1 Å². The predicted molar refractivity (Wildman–Crippen MR) is 69.2 cm³/mol. The summed E-state index contributed by atoms with van der Waals surface area (Å²) in [6, 6.07) is 6.33. The lowest BCUT2D eigenvalue weighted by molar-refractivity contribution is 0.00185. The molecule has 1 heterocycles. The maximum absolute atomic E-state index is 12.1. The molecule has 1 unspecified atom stereocenters. The van der Waals surface area contributed by atoms with E-state index in [1.807, 2.05) is 6.92 Å². The fourth-order valence-corrected chi connectivity index (χ4v) is 2.83. The number of hydrogen-bond donors (Lipinski definition) is 1. The van der Waals surface area contributed by atoms with Crippen molar-refractivity contribution in [3.05, 3.63) is 42.0 Å². The molecule has 0 saturated heterocycles. The monoisotopic (exact) mass is 284 g/mol. The molecule has 1 aliphatic rings. The lowest BCUT2D eigenvalue weighted by Gasteiger charge is -2.20. The maximum Gasteiger partial charge on any atom is 0.297 e. The zero-order valence-corrected chi connectivity index (χ0v) is 11.3. The van der Waals surface area contributed by atoms with Gasteiger partial charge in [0.2, 0.25) is 0 Å². The van der Waals surface area contributed by atoms with Crippen molar-refractivity contribution >= 4 is 10.1 Å². The van der Waals surface area contributed by atoms with Crippen molar-refractivity contribution in [2.45, 2.75) is 24.0 Å². The first kappa shape index (κ1) is 14.2. The SMILES string of the molecule is Cc1ccc(S(=O)(=O)OC(CO)[C@@H]2C=CCO2)cc1. The molecule has 19 heavy (non-hydrogen) atoms.